The number of rotatable bonds is 14. The van der Waals surface area contributed by atoms with E-state index in [4.69, 9.17) is 9.47 Å². The van der Waals surface area contributed by atoms with E-state index in [2.05, 4.69) is 17.4 Å². The fraction of sp³-hybridized carbons (Fsp3) is 0.278. The van der Waals surface area contributed by atoms with Crippen LogP contribution in [0.15, 0.2) is 91.0 Å². The minimum absolute atomic E-state index is 0.0393. The van der Waals surface area contributed by atoms with E-state index in [1.165, 1.54) is 36.9 Å². The lowest BCUT2D eigenvalue weighted by atomic mass is 9.93. The van der Waals surface area contributed by atoms with E-state index in [1.54, 1.807) is 24.3 Å². The summed E-state index contributed by atoms with van der Waals surface area (Å²) >= 11 is 0. The number of amides is 1. The maximum atomic E-state index is 13.6. The van der Waals surface area contributed by atoms with Crippen LogP contribution in [0.4, 0.5) is 18.0 Å². The fourth-order valence-electron chi connectivity index (χ4n) is 5.13. The molecule has 0 spiro atoms. The molecule has 0 heterocycles. The molecule has 45 heavy (non-hydrogen) atoms. The molecule has 0 atom stereocenters. The smallest absolute Gasteiger partial charge is 0.497 e. The van der Waals surface area contributed by atoms with Crippen molar-refractivity contribution in [2.45, 2.75) is 51.1 Å². The van der Waals surface area contributed by atoms with Gasteiger partial charge in [0.05, 0.1) is 12.7 Å². The van der Waals surface area contributed by atoms with Crippen LogP contribution in [-0.2, 0) is 12.6 Å². The maximum Gasteiger partial charge on any atom is 0.511 e. The minimum atomic E-state index is -4.63. The molecule has 4 rings (SSSR count). The van der Waals surface area contributed by atoms with Crippen molar-refractivity contribution in [2.24, 2.45) is 0 Å². The summed E-state index contributed by atoms with van der Waals surface area (Å²) in [5.41, 5.74) is 1.40. The molecule has 0 radical (unpaired) electrons. The normalized spacial score (nSPS) is 11.2. The van der Waals surface area contributed by atoms with E-state index in [0.29, 0.717) is 17.9 Å². The Balaban J connectivity index is 1.51. The van der Waals surface area contributed by atoms with Crippen molar-refractivity contribution in [2.75, 3.05) is 13.7 Å². The Bertz CT molecular complexity index is 1570. The minimum Gasteiger partial charge on any atom is -0.497 e. The van der Waals surface area contributed by atoms with Crippen LogP contribution < -0.4 is 14.8 Å². The Morgan fingerprint density at radius 1 is 0.756 bits per heavy atom. The Morgan fingerprint density at radius 3 is 2.04 bits per heavy atom. The lowest BCUT2D eigenvalue weighted by Gasteiger charge is -2.18. The molecular weight excluding hydrogens is 583 g/mol. The highest BCUT2D eigenvalue weighted by atomic mass is 19.4. The number of halogens is 3. The molecule has 6 nitrogen and oxygen atoms in total. The Labute approximate surface area is 260 Å². The number of nitrogens with one attached hydrogen (secondary N) is 1. The number of carboxylic acid groups (broad SMARTS) is 1. The van der Waals surface area contributed by atoms with Gasteiger partial charge in [0.15, 0.2) is 0 Å². The molecule has 0 fully saturated rings. The monoisotopic (exact) mass is 619 g/mol. The van der Waals surface area contributed by atoms with Crippen LogP contribution in [0.1, 0.15) is 60.0 Å². The highest BCUT2D eigenvalue weighted by Gasteiger charge is 2.31. The molecule has 0 saturated carbocycles. The number of unbranched alkanes of at least 4 members (excludes halogenated alkanes) is 5. The average molecular weight is 620 g/mol. The van der Waals surface area contributed by atoms with Crippen molar-refractivity contribution in [1.29, 1.82) is 0 Å². The van der Waals surface area contributed by atoms with Gasteiger partial charge in [-0.3, -0.25) is 4.79 Å². The maximum absolute atomic E-state index is 13.6. The number of methoxy groups -OCH3 is 1. The third kappa shape index (κ3) is 9.60. The second-order valence-electron chi connectivity index (χ2n) is 10.7. The number of alkyl halides is 3. The summed E-state index contributed by atoms with van der Waals surface area (Å²) in [4.78, 5) is 25.0. The highest BCUT2D eigenvalue weighted by molar-refractivity contribution is 5.99. The molecule has 1 amide bonds. The van der Waals surface area contributed by atoms with Gasteiger partial charge in [-0.25, -0.2) is 4.79 Å². The van der Waals surface area contributed by atoms with E-state index in [-0.39, 0.29) is 28.0 Å². The van der Waals surface area contributed by atoms with Crippen molar-refractivity contribution in [3.05, 3.63) is 108 Å². The van der Waals surface area contributed by atoms with Crippen molar-refractivity contribution in [3.8, 4) is 33.8 Å². The van der Waals surface area contributed by atoms with E-state index in [1.807, 2.05) is 18.2 Å². The summed E-state index contributed by atoms with van der Waals surface area (Å²) in [6.45, 7) is 0.424. The van der Waals surface area contributed by atoms with Crippen LogP contribution in [0.5, 0.6) is 11.5 Å². The van der Waals surface area contributed by atoms with E-state index in [0.717, 1.165) is 57.1 Å². The van der Waals surface area contributed by atoms with Gasteiger partial charge in [0.25, 0.3) is 5.91 Å². The number of benzene rings is 4. The molecule has 236 valence electrons. The first kappa shape index (κ1) is 33.1. The number of carbonyl (C=O) groups is 2. The quantitative estimate of drug-likeness (QED) is 0.0835. The number of hydrogen-bond donors (Lipinski definition) is 2. The third-order valence-electron chi connectivity index (χ3n) is 7.46. The number of aryl methyl sites for hydroxylation is 1. The van der Waals surface area contributed by atoms with E-state index in [9.17, 15) is 27.9 Å². The summed E-state index contributed by atoms with van der Waals surface area (Å²) in [6, 6.07) is 24.3. The topological polar surface area (TPSA) is 84.9 Å². The molecular formula is C36H36F3NO5. The van der Waals surface area contributed by atoms with Gasteiger partial charge in [-0.2, -0.15) is 13.2 Å². The molecule has 0 saturated heterocycles. The zero-order valence-corrected chi connectivity index (χ0v) is 25.0. The Hall–Kier alpha value is -4.79. The second-order valence-corrected chi connectivity index (χ2v) is 10.7. The predicted molar refractivity (Wildman–Crippen MR) is 168 cm³/mol. The largest absolute Gasteiger partial charge is 0.511 e. The van der Waals surface area contributed by atoms with Crippen LogP contribution >= 0.6 is 0 Å². The SMILES string of the molecule is COc1ccc(-c2cc(C(=O)NCCCCCCCCc3ccccc3)cc(-c3cccc(C(F)(F)F)c3)c2OC(=O)O)cc1. The lowest BCUT2D eigenvalue weighted by Crippen LogP contribution is -2.24. The number of ether oxygens (including phenoxy) is 2. The first-order valence-electron chi connectivity index (χ1n) is 14.9. The van der Waals surface area contributed by atoms with Gasteiger partial charge < -0.3 is 19.9 Å². The summed E-state index contributed by atoms with van der Waals surface area (Å²) in [7, 11) is 1.50. The van der Waals surface area contributed by atoms with Gasteiger partial charge in [-0.15, -0.1) is 0 Å². The summed E-state index contributed by atoms with van der Waals surface area (Å²) in [6.07, 6.45) is 0.944. The van der Waals surface area contributed by atoms with Gasteiger partial charge in [-0.05, 0) is 72.4 Å². The van der Waals surface area contributed by atoms with Gasteiger partial charge in [0.1, 0.15) is 11.5 Å². The lowest BCUT2D eigenvalue weighted by molar-refractivity contribution is -0.137. The molecule has 0 aromatic heterocycles. The number of carbonyl (C=O) groups excluding carboxylic acids is 1. The Kier molecular flexibility index (Phi) is 11.6. The van der Waals surface area contributed by atoms with Crippen LogP contribution in [0.25, 0.3) is 22.3 Å². The van der Waals surface area contributed by atoms with Gasteiger partial charge in [0.2, 0.25) is 0 Å². The molecule has 2 N–H and O–H groups in total. The van der Waals surface area contributed by atoms with Crippen LogP contribution in [0.3, 0.4) is 0 Å². The fourth-order valence-corrected chi connectivity index (χ4v) is 5.13. The van der Waals surface area contributed by atoms with Gasteiger partial charge >= 0.3 is 12.3 Å². The molecule has 9 heteroatoms. The van der Waals surface area contributed by atoms with Crippen LogP contribution in [0.2, 0.25) is 0 Å². The van der Waals surface area contributed by atoms with Gasteiger partial charge in [0, 0.05) is 23.2 Å². The van der Waals surface area contributed by atoms with E-state index >= 15 is 0 Å². The first-order valence-corrected chi connectivity index (χ1v) is 14.9. The molecule has 0 aliphatic rings. The summed E-state index contributed by atoms with van der Waals surface area (Å²) in [5, 5.41) is 12.4. The summed E-state index contributed by atoms with van der Waals surface area (Å²) < 4.78 is 51.1. The van der Waals surface area contributed by atoms with Crippen LogP contribution in [-0.4, -0.2) is 30.8 Å². The van der Waals surface area contributed by atoms with Crippen molar-refractivity contribution in [1.82, 2.24) is 5.32 Å². The molecule has 4 aromatic carbocycles. The van der Waals surface area contributed by atoms with E-state index < -0.39 is 23.8 Å². The predicted octanol–water partition coefficient (Wildman–Crippen LogP) is 9.42. The van der Waals surface area contributed by atoms with Crippen molar-refractivity contribution in [3.63, 3.8) is 0 Å². The Morgan fingerprint density at radius 2 is 1.40 bits per heavy atom. The third-order valence-corrected chi connectivity index (χ3v) is 7.46. The van der Waals surface area contributed by atoms with Crippen molar-refractivity contribution >= 4 is 12.1 Å². The average Bonchev–Trinajstić information content (AvgIpc) is 3.04. The zero-order valence-electron chi connectivity index (χ0n) is 25.0. The van der Waals surface area contributed by atoms with Crippen molar-refractivity contribution < 1.29 is 37.3 Å². The standard InChI is InChI=1S/C36H36F3NO5/c1-44-30-19-17-26(18-20-30)31-23-28(34(41)40-21-10-5-3-2-4-7-12-25-13-8-6-9-14-25)24-32(33(31)45-35(42)43)27-15-11-16-29(22-27)36(37,38)39/h6,8-9,11,13-20,22-24H,2-5,7,10,12,21H2,1H3,(H,40,41)(H,42,43). The summed E-state index contributed by atoms with van der Waals surface area (Å²) in [5.74, 6) is -0.0684. The number of hydrogen-bond acceptors (Lipinski definition) is 4. The molecule has 4 aromatic rings. The van der Waals surface area contributed by atoms with Gasteiger partial charge in [-0.1, -0.05) is 80.3 Å². The second kappa shape index (κ2) is 15.8. The zero-order chi connectivity index (χ0) is 32.2. The molecule has 0 bridgehead atoms. The highest BCUT2D eigenvalue weighted by Crippen LogP contribution is 2.42. The first-order chi connectivity index (χ1) is 21.7. The molecule has 0 aliphatic heterocycles. The molecule has 0 unspecified atom stereocenters. The van der Waals surface area contributed by atoms with Crippen LogP contribution in [0, 0.1) is 0 Å². The molecule has 0 aliphatic carbocycles.